The number of β-amino-alcohol motifs (C(OH)–C–C–N with tert-alkyl or cyclic N) is 1. The molecule has 1 aromatic carbocycles. The quantitative estimate of drug-likeness (QED) is 0.631. The Morgan fingerprint density at radius 2 is 1.84 bits per heavy atom. The fourth-order valence-electron chi connectivity index (χ4n) is 5.72. The molecule has 2 atom stereocenters. The van der Waals surface area contributed by atoms with E-state index in [1.54, 1.807) is 17.0 Å². The first-order valence-electron chi connectivity index (χ1n) is 11.4. The molecular weight excluding hydrogens is 415 g/mol. The minimum atomic E-state index is -0.806. The largest absolute Gasteiger partial charge is 0.392 e. The van der Waals surface area contributed by atoms with Crippen LogP contribution in [0, 0.1) is 5.82 Å². The van der Waals surface area contributed by atoms with Crippen molar-refractivity contribution < 1.29 is 23.9 Å². The van der Waals surface area contributed by atoms with Gasteiger partial charge in [-0.05, 0) is 37.0 Å². The van der Waals surface area contributed by atoms with E-state index in [2.05, 4.69) is 4.90 Å². The first-order chi connectivity index (χ1) is 15.4. The number of likely N-dealkylation sites (tertiary alicyclic amines) is 2. The Hall–Kier alpha value is -2.36. The molecule has 4 aliphatic heterocycles. The Morgan fingerprint density at radius 1 is 1.09 bits per heavy atom. The van der Waals surface area contributed by atoms with Crippen molar-refractivity contribution >= 4 is 17.7 Å². The Kier molecular flexibility index (Phi) is 5.51. The molecular formula is C23H29FN4O4. The van der Waals surface area contributed by atoms with Crippen LogP contribution in [0.3, 0.4) is 0 Å². The zero-order valence-electron chi connectivity index (χ0n) is 18.1. The van der Waals surface area contributed by atoms with Crippen LogP contribution in [-0.4, -0.2) is 99.4 Å². The summed E-state index contributed by atoms with van der Waals surface area (Å²) in [6.07, 6.45) is 1.72. The lowest BCUT2D eigenvalue weighted by Crippen LogP contribution is -2.81. The van der Waals surface area contributed by atoms with Gasteiger partial charge in [0.1, 0.15) is 11.4 Å². The predicted molar refractivity (Wildman–Crippen MR) is 113 cm³/mol. The van der Waals surface area contributed by atoms with Gasteiger partial charge in [0, 0.05) is 52.2 Å². The van der Waals surface area contributed by atoms with Gasteiger partial charge in [-0.3, -0.25) is 29.1 Å². The minimum Gasteiger partial charge on any atom is -0.392 e. The second kappa shape index (κ2) is 8.20. The monoisotopic (exact) mass is 444 g/mol. The molecule has 3 amide bonds. The van der Waals surface area contributed by atoms with Crippen LogP contribution in [0.5, 0.6) is 0 Å². The number of rotatable bonds is 6. The lowest BCUT2D eigenvalue weighted by Gasteiger charge is -2.58. The van der Waals surface area contributed by atoms with Crippen molar-refractivity contribution in [1.82, 2.24) is 19.6 Å². The van der Waals surface area contributed by atoms with Gasteiger partial charge >= 0.3 is 0 Å². The van der Waals surface area contributed by atoms with Gasteiger partial charge in [-0.25, -0.2) is 4.39 Å². The van der Waals surface area contributed by atoms with E-state index in [1.807, 2.05) is 4.90 Å². The summed E-state index contributed by atoms with van der Waals surface area (Å²) in [5.41, 5.74) is 0.158. The lowest BCUT2D eigenvalue weighted by atomic mass is 9.82. The van der Waals surface area contributed by atoms with Crippen molar-refractivity contribution in [3.05, 3.63) is 35.6 Å². The number of benzene rings is 1. The van der Waals surface area contributed by atoms with Crippen LogP contribution in [0.15, 0.2) is 24.3 Å². The average molecular weight is 445 g/mol. The third-order valence-electron chi connectivity index (χ3n) is 7.29. The lowest BCUT2D eigenvalue weighted by molar-refractivity contribution is -0.180. The van der Waals surface area contributed by atoms with Crippen LogP contribution in [-0.2, 0) is 20.9 Å². The van der Waals surface area contributed by atoms with Crippen LogP contribution in [0.25, 0.3) is 0 Å². The van der Waals surface area contributed by atoms with Gasteiger partial charge in [-0.15, -0.1) is 0 Å². The molecule has 0 aromatic heterocycles. The van der Waals surface area contributed by atoms with Crippen LogP contribution < -0.4 is 0 Å². The summed E-state index contributed by atoms with van der Waals surface area (Å²) in [5.74, 6) is -0.578. The van der Waals surface area contributed by atoms with Crippen LogP contribution in [0.1, 0.15) is 31.2 Å². The average Bonchev–Trinajstić information content (AvgIpc) is 3.33. The molecule has 172 valence electrons. The number of imide groups is 1. The maximum Gasteiger partial charge on any atom is 0.252 e. The summed E-state index contributed by atoms with van der Waals surface area (Å²) in [4.78, 5) is 45.7. The summed E-state index contributed by atoms with van der Waals surface area (Å²) < 4.78 is 13.2. The number of aliphatic hydroxyl groups excluding tert-OH is 1. The number of hydrogen-bond donors (Lipinski definition) is 1. The number of carbonyl (C=O) groups excluding carboxylic acids is 3. The van der Waals surface area contributed by atoms with Gasteiger partial charge in [0.25, 0.3) is 5.91 Å². The molecule has 1 spiro atoms. The Bertz CT molecular complexity index is 917. The summed E-state index contributed by atoms with van der Waals surface area (Å²) in [6, 6.07) is 5.84. The maximum atomic E-state index is 13.5. The normalized spacial score (nSPS) is 28.0. The number of carbonyl (C=O) groups is 3. The first kappa shape index (κ1) is 21.5. The van der Waals surface area contributed by atoms with Crippen molar-refractivity contribution in [3.8, 4) is 0 Å². The Labute approximate surface area is 186 Å². The summed E-state index contributed by atoms with van der Waals surface area (Å²) in [5, 5.41) is 10.3. The van der Waals surface area contributed by atoms with Gasteiger partial charge in [-0.2, -0.15) is 0 Å². The highest BCUT2D eigenvalue weighted by molar-refractivity contribution is 6.06. The molecule has 1 N–H and O–H groups in total. The fraction of sp³-hybridized carbons (Fsp3) is 0.609. The number of amides is 3. The van der Waals surface area contributed by atoms with Gasteiger partial charge in [0.15, 0.2) is 0 Å². The highest BCUT2D eigenvalue weighted by atomic mass is 19.1. The van der Waals surface area contributed by atoms with Crippen molar-refractivity contribution in [3.63, 3.8) is 0 Å². The molecule has 9 heteroatoms. The molecule has 0 radical (unpaired) electrons. The Morgan fingerprint density at radius 3 is 2.53 bits per heavy atom. The molecule has 4 aliphatic rings. The zero-order valence-corrected chi connectivity index (χ0v) is 18.1. The van der Waals surface area contributed by atoms with E-state index in [0.717, 1.165) is 18.5 Å². The number of nitrogens with zero attached hydrogens (tertiary/aromatic N) is 4. The number of fused-ring (bicyclic) bond motifs is 2. The second-order valence-electron chi connectivity index (χ2n) is 9.49. The summed E-state index contributed by atoms with van der Waals surface area (Å²) in [6.45, 7) is 3.45. The number of piperazine rings is 1. The van der Waals surface area contributed by atoms with Crippen LogP contribution in [0.2, 0.25) is 0 Å². The molecule has 4 saturated heterocycles. The second-order valence-corrected chi connectivity index (χ2v) is 9.49. The highest BCUT2D eigenvalue weighted by Gasteiger charge is 2.64. The van der Waals surface area contributed by atoms with Crippen molar-refractivity contribution in [2.75, 3.05) is 39.3 Å². The number of aliphatic hydroxyl groups is 1. The van der Waals surface area contributed by atoms with E-state index in [-0.39, 0.29) is 23.5 Å². The van der Waals surface area contributed by atoms with E-state index in [9.17, 15) is 23.9 Å². The fourth-order valence-corrected chi connectivity index (χ4v) is 5.72. The van der Waals surface area contributed by atoms with E-state index in [0.29, 0.717) is 58.5 Å². The van der Waals surface area contributed by atoms with E-state index in [1.165, 1.54) is 17.0 Å². The van der Waals surface area contributed by atoms with Crippen molar-refractivity contribution in [1.29, 1.82) is 0 Å². The van der Waals surface area contributed by atoms with E-state index >= 15 is 0 Å². The predicted octanol–water partition coefficient (Wildman–Crippen LogP) is 0.197. The number of hydrogen-bond acceptors (Lipinski definition) is 6. The van der Waals surface area contributed by atoms with E-state index < -0.39 is 17.7 Å². The van der Waals surface area contributed by atoms with Crippen molar-refractivity contribution in [2.45, 2.75) is 49.9 Å². The van der Waals surface area contributed by atoms with Gasteiger partial charge < -0.3 is 10.0 Å². The van der Waals surface area contributed by atoms with Gasteiger partial charge in [-0.1, -0.05) is 12.1 Å². The number of halogens is 1. The summed E-state index contributed by atoms with van der Waals surface area (Å²) >= 11 is 0. The molecule has 0 bridgehead atoms. The molecule has 4 heterocycles. The molecule has 2 unspecified atom stereocenters. The van der Waals surface area contributed by atoms with Gasteiger partial charge in [0.05, 0.1) is 12.1 Å². The minimum absolute atomic E-state index is 0.137. The molecule has 0 saturated carbocycles. The third-order valence-corrected chi connectivity index (χ3v) is 7.29. The first-order valence-corrected chi connectivity index (χ1v) is 11.4. The molecule has 0 aliphatic carbocycles. The molecule has 8 nitrogen and oxygen atoms in total. The topological polar surface area (TPSA) is 84.4 Å². The smallest absolute Gasteiger partial charge is 0.252 e. The Balaban J connectivity index is 1.28. The molecule has 32 heavy (non-hydrogen) atoms. The van der Waals surface area contributed by atoms with Crippen LogP contribution in [0.4, 0.5) is 4.39 Å². The van der Waals surface area contributed by atoms with E-state index in [4.69, 9.17) is 0 Å². The molecule has 5 rings (SSSR count). The van der Waals surface area contributed by atoms with Crippen molar-refractivity contribution in [2.24, 2.45) is 0 Å². The SMILES string of the molecule is O=C1CCCN1CCCN1C(=O)C2CC(O)CN2C2(CN(Cc3ccc(F)cc3)C2)C1=O. The summed E-state index contributed by atoms with van der Waals surface area (Å²) in [7, 11) is 0. The zero-order chi connectivity index (χ0) is 22.5. The molecule has 4 fully saturated rings. The standard InChI is InChI=1S/C23H29FN4O4/c24-17-6-4-16(5-7-17)12-25-14-23(15-25)22(32)27(10-2-9-26-8-1-3-20(26)30)21(31)19-11-18(29)13-28(19)23/h4-7,18-19,29H,1-3,8-15H2. The third kappa shape index (κ3) is 3.62. The maximum absolute atomic E-state index is 13.5. The van der Waals surface area contributed by atoms with Crippen LogP contribution >= 0.6 is 0 Å². The van der Waals surface area contributed by atoms with Gasteiger partial charge in [0.2, 0.25) is 11.8 Å². The molecule has 1 aromatic rings. The highest BCUT2D eigenvalue weighted by Crippen LogP contribution is 2.40.